The maximum absolute atomic E-state index is 5.65. The van der Waals surface area contributed by atoms with Crippen molar-refractivity contribution in [2.24, 2.45) is 17.1 Å². The fourth-order valence-corrected chi connectivity index (χ4v) is 1.62. The van der Waals surface area contributed by atoms with Crippen LogP contribution >= 0.6 is 0 Å². The van der Waals surface area contributed by atoms with Crippen LogP contribution in [0.15, 0.2) is 0 Å². The summed E-state index contributed by atoms with van der Waals surface area (Å²) in [6.45, 7) is 7.20. The highest BCUT2D eigenvalue weighted by atomic mass is 16.5. The van der Waals surface area contributed by atoms with E-state index >= 15 is 0 Å². The number of ether oxygens (including phenoxy) is 1. The zero-order chi connectivity index (χ0) is 8.32. The van der Waals surface area contributed by atoms with Gasteiger partial charge in [-0.15, -0.1) is 0 Å². The molecule has 0 saturated carbocycles. The van der Waals surface area contributed by atoms with Gasteiger partial charge in [-0.25, -0.2) is 0 Å². The summed E-state index contributed by atoms with van der Waals surface area (Å²) >= 11 is 0. The van der Waals surface area contributed by atoms with Crippen LogP contribution in [0.1, 0.15) is 26.7 Å². The first-order valence-corrected chi connectivity index (χ1v) is 4.47. The van der Waals surface area contributed by atoms with Gasteiger partial charge in [0.25, 0.3) is 0 Å². The third-order valence-electron chi connectivity index (χ3n) is 3.18. The quantitative estimate of drug-likeness (QED) is 0.657. The first-order chi connectivity index (χ1) is 5.19. The van der Waals surface area contributed by atoms with E-state index in [1.54, 1.807) is 0 Å². The van der Waals surface area contributed by atoms with Gasteiger partial charge in [-0.3, -0.25) is 0 Å². The Labute approximate surface area is 69.1 Å². The van der Waals surface area contributed by atoms with E-state index in [1.807, 2.05) is 0 Å². The van der Waals surface area contributed by atoms with Crippen molar-refractivity contribution in [1.82, 2.24) is 0 Å². The van der Waals surface area contributed by atoms with Crippen LogP contribution < -0.4 is 5.73 Å². The molecule has 2 heteroatoms. The molecule has 66 valence electrons. The van der Waals surface area contributed by atoms with Crippen molar-refractivity contribution in [3.8, 4) is 0 Å². The van der Waals surface area contributed by atoms with Crippen LogP contribution in [-0.4, -0.2) is 19.8 Å². The fourth-order valence-electron chi connectivity index (χ4n) is 1.62. The lowest BCUT2D eigenvalue weighted by molar-refractivity contribution is -0.00149. The molecule has 0 radical (unpaired) electrons. The predicted molar refractivity (Wildman–Crippen MR) is 46.4 cm³/mol. The molecule has 1 saturated heterocycles. The summed E-state index contributed by atoms with van der Waals surface area (Å²) < 4.78 is 5.32. The van der Waals surface area contributed by atoms with Gasteiger partial charge in [-0.1, -0.05) is 13.8 Å². The summed E-state index contributed by atoms with van der Waals surface area (Å²) in [5.74, 6) is 0.631. The molecule has 2 nitrogen and oxygen atoms in total. The van der Waals surface area contributed by atoms with Crippen LogP contribution in [0.5, 0.6) is 0 Å². The van der Waals surface area contributed by atoms with Crippen molar-refractivity contribution >= 4 is 0 Å². The van der Waals surface area contributed by atoms with Gasteiger partial charge in [0.2, 0.25) is 0 Å². The van der Waals surface area contributed by atoms with Crippen LogP contribution in [0.2, 0.25) is 0 Å². The molecule has 1 rings (SSSR count). The first-order valence-electron chi connectivity index (χ1n) is 4.47. The van der Waals surface area contributed by atoms with Gasteiger partial charge in [-0.05, 0) is 30.7 Å². The molecular weight excluding hydrogens is 138 g/mol. The Hall–Kier alpha value is -0.0800. The molecule has 0 amide bonds. The minimum atomic E-state index is 0.438. The molecule has 0 aromatic carbocycles. The molecule has 0 aromatic heterocycles. The van der Waals surface area contributed by atoms with Gasteiger partial charge in [0.05, 0.1) is 0 Å². The molecule has 1 atom stereocenters. The summed E-state index contributed by atoms with van der Waals surface area (Å²) in [6.07, 6.45) is 2.34. The lowest BCUT2D eigenvalue weighted by Gasteiger charge is -2.38. The summed E-state index contributed by atoms with van der Waals surface area (Å²) in [6, 6.07) is 0. The molecule has 1 aliphatic heterocycles. The molecule has 1 heterocycles. The molecule has 0 spiro atoms. The number of hydrogen-bond donors (Lipinski definition) is 1. The van der Waals surface area contributed by atoms with E-state index in [9.17, 15) is 0 Å². The minimum absolute atomic E-state index is 0.438. The van der Waals surface area contributed by atoms with E-state index < -0.39 is 0 Å². The Bertz CT molecular complexity index is 119. The summed E-state index contributed by atoms with van der Waals surface area (Å²) in [7, 11) is 0. The first kappa shape index (κ1) is 9.01. The third-order valence-corrected chi connectivity index (χ3v) is 3.18. The predicted octanol–water partition coefficient (Wildman–Crippen LogP) is 1.40. The molecule has 1 fully saturated rings. The zero-order valence-corrected chi connectivity index (χ0v) is 7.60. The summed E-state index contributed by atoms with van der Waals surface area (Å²) in [5, 5.41) is 0. The van der Waals surface area contributed by atoms with Crippen molar-refractivity contribution in [2.75, 3.05) is 19.8 Å². The van der Waals surface area contributed by atoms with Crippen molar-refractivity contribution in [2.45, 2.75) is 26.7 Å². The van der Waals surface area contributed by atoms with Gasteiger partial charge in [0.15, 0.2) is 0 Å². The molecule has 11 heavy (non-hydrogen) atoms. The zero-order valence-electron chi connectivity index (χ0n) is 7.60. The highest BCUT2D eigenvalue weighted by molar-refractivity contribution is 4.82. The van der Waals surface area contributed by atoms with Gasteiger partial charge in [0.1, 0.15) is 0 Å². The largest absolute Gasteiger partial charge is 0.381 e. The van der Waals surface area contributed by atoms with Crippen molar-refractivity contribution in [3.05, 3.63) is 0 Å². The van der Waals surface area contributed by atoms with E-state index in [0.29, 0.717) is 11.3 Å². The summed E-state index contributed by atoms with van der Waals surface area (Å²) in [4.78, 5) is 0. The standard InChI is InChI=1S/C9H19NO/c1-8(7-10)9(2)3-5-11-6-4-9/h8H,3-7,10H2,1-2H3. The lowest BCUT2D eigenvalue weighted by atomic mass is 9.72. The number of nitrogens with two attached hydrogens (primary N) is 1. The van der Waals surface area contributed by atoms with Crippen LogP contribution in [0.4, 0.5) is 0 Å². The van der Waals surface area contributed by atoms with Gasteiger partial charge >= 0.3 is 0 Å². The van der Waals surface area contributed by atoms with Crippen LogP contribution in [0.25, 0.3) is 0 Å². The molecule has 0 aromatic rings. The Morgan fingerprint density at radius 3 is 2.45 bits per heavy atom. The van der Waals surface area contributed by atoms with E-state index in [-0.39, 0.29) is 0 Å². The topological polar surface area (TPSA) is 35.2 Å². The number of rotatable bonds is 2. The minimum Gasteiger partial charge on any atom is -0.381 e. The fraction of sp³-hybridized carbons (Fsp3) is 1.00. The smallest absolute Gasteiger partial charge is 0.0471 e. The average Bonchev–Trinajstić information content (AvgIpc) is 2.04. The Morgan fingerprint density at radius 2 is 2.00 bits per heavy atom. The molecule has 0 aliphatic carbocycles. The van der Waals surface area contributed by atoms with Crippen molar-refractivity contribution in [3.63, 3.8) is 0 Å². The third kappa shape index (κ3) is 1.94. The second-order valence-electron chi connectivity index (χ2n) is 3.90. The van der Waals surface area contributed by atoms with Gasteiger partial charge in [-0.2, -0.15) is 0 Å². The maximum Gasteiger partial charge on any atom is 0.0471 e. The lowest BCUT2D eigenvalue weighted by Crippen LogP contribution is -2.36. The van der Waals surface area contributed by atoms with E-state index in [0.717, 1.165) is 19.8 Å². The molecule has 0 bridgehead atoms. The second kappa shape index (κ2) is 3.55. The second-order valence-corrected chi connectivity index (χ2v) is 3.90. The van der Waals surface area contributed by atoms with Gasteiger partial charge in [0, 0.05) is 13.2 Å². The molecule has 2 N–H and O–H groups in total. The maximum atomic E-state index is 5.65. The SMILES string of the molecule is CC(CN)C1(C)CCOCC1. The number of hydrogen-bond acceptors (Lipinski definition) is 2. The van der Waals surface area contributed by atoms with E-state index in [4.69, 9.17) is 10.5 Å². The van der Waals surface area contributed by atoms with Crippen molar-refractivity contribution < 1.29 is 4.74 Å². The van der Waals surface area contributed by atoms with Crippen molar-refractivity contribution in [1.29, 1.82) is 0 Å². The molecular formula is C9H19NO. The van der Waals surface area contributed by atoms with Crippen LogP contribution in [-0.2, 0) is 4.74 Å². The van der Waals surface area contributed by atoms with Crippen LogP contribution in [0.3, 0.4) is 0 Å². The average molecular weight is 157 g/mol. The highest BCUT2D eigenvalue weighted by Crippen LogP contribution is 2.36. The Balaban J connectivity index is 2.49. The van der Waals surface area contributed by atoms with Crippen LogP contribution in [0, 0.1) is 11.3 Å². The summed E-state index contributed by atoms with van der Waals surface area (Å²) in [5.41, 5.74) is 6.08. The van der Waals surface area contributed by atoms with E-state index in [2.05, 4.69) is 13.8 Å². The Morgan fingerprint density at radius 1 is 1.45 bits per heavy atom. The van der Waals surface area contributed by atoms with E-state index in [1.165, 1.54) is 12.8 Å². The molecule has 1 unspecified atom stereocenters. The Kier molecular flexibility index (Phi) is 2.90. The normalized spacial score (nSPS) is 26.5. The monoisotopic (exact) mass is 157 g/mol. The molecule has 1 aliphatic rings. The highest BCUT2D eigenvalue weighted by Gasteiger charge is 2.31. The van der Waals surface area contributed by atoms with Gasteiger partial charge < -0.3 is 10.5 Å².